The molecule has 2 rings (SSSR count). The molecule has 324 valence electrons. The summed E-state index contributed by atoms with van der Waals surface area (Å²) in [6.45, 7) is 11.5. The van der Waals surface area contributed by atoms with Gasteiger partial charge in [-0.05, 0) is 105 Å². The fourth-order valence-electron chi connectivity index (χ4n) is 7.70. The summed E-state index contributed by atoms with van der Waals surface area (Å²) in [4.78, 5) is 10.9. The van der Waals surface area contributed by atoms with Crippen molar-refractivity contribution in [2.24, 2.45) is 9.98 Å². The largest absolute Gasteiger partial charge is 0.252 e. The van der Waals surface area contributed by atoms with Gasteiger partial charge in [0.2, 0.25) is 0 Å². The topological polar surface area (TPSA) is 24.7 Å². The number of hydrogen-bond acceptors (Lipinski definition) is 2. The van der Waals surface area contributed by atoms with Gasteiger partial charge in [0, 0.05) is 32.4 Å². The molecule has 0 saturated heterocycles. The normalized spacial score (nSPS) is 11.7. The molecule has 0 atom stereocenters. The fourth-order valence-corrected chi connectivity index (χ4v) is 7.70. The minimum Gasteiger partial charge on any atom is -0.252 e. The van der Waals surface area contributed by atoms with Gasteiger partial charge in [-0.25, -0.2) is 0 Å². The molecule has 0 heterocycles. The molecule has 2 aromatic carbocycles. The Hall–Kier alpha value is -2.00. The molecule has 0 aliphatic carbocycles. The molecule has 0 aromatic heterocycles. The van der Waals surface area contributed by atoms with Gasteiger partial charge >= 0.3 is 0 Å². The van der Waals surface area contributed by atoms with Gasteiger partial charge in [-0.1, -0.05) is 200 Å². The molecule has 0 aliphatic rings. The summed E-state index contributed by atoms with van der Waals surface area (Å²) in [5, 5.41) is 0. The maximum atomic E-state index is 5.51. The van der Waals surface area contributed by atoms with Crippen LogP contribution < -0.4 is 0 Å². The average molecular weight is 872 g/mol. The van der Waals surface area contributed by atoms with Crippen LogP contribution in [0, 0.1) is 11.8 Å². The third-order valence-corrected chi connectivity index (χ3v) is 11.3. The maximum Gasteiger partial charge on any atom is 0.0639 e. The van der Waals surface area contributed by atoms with Gasteiger partial charge in [0.05, 0.1) is 22.8 Å². The van der Waals surface area contributed by atoms with Gasteiger partial charge in [-0.3, -0.25) is 9.98 Å². The second-order valence-corrected chi connectivity index (χ2v) is 16.9. The first kappa shape index (κ1) is 53.0. The van der Waals surface area contributed by atoms with E-state index < -0.39 is 0 Å². The fraction of sp³-hybridized carbons (Fsp3) is 0.704. The Morgan fingerprint density at radius 2 is 0.789 bits per heavy atom. The van der Waals surface area contributed by atoms with Crippen LogP contribution >= 0.6 is 0 Å². The van der Waals surface area contributed by atoms with E-state index >= 15 is 0 Å². The number of hydrogen-bond donors (Lipinski definition) is 0. The van der Waals surface area contributed by atoms with Crippen LogP contribution in [-0.2, 0) is 33.3 Å². The first-order valence-electron chi connectivity index (χ1n) is 24.5. The van der Waals surface area contributed by atoms with Crippen LogP contribution in [0.15, 0.2) is 52.4 Å². The predicted molar refractivity (Wildman–Crippen MR) is 253 cm³/mol. The second-order valence-electron chi connectivity index (χ2n) is 16.9. The summed E-state index contributed by atoms with van der Waals surface area (Å²) < 4.78 is 0. The van der Waals surface area contributed by atoms with E-state index in [4.69, 9.17) is 9.98 Å². The summed E-state index contributed by atoms with van der Waals surface area (Å²) in [6, 6.07) is 15.9. The number of benzene rings is 2. The Balaban J connectivity index is 0.0000162. The first-order chi connectivity index (χ1) is 27.6. The van der Waals surface area contributed by atoms with E-state index in [0.717, 1.165) is 61.9 Å². The van der Waals surface area contributed by atoms with Crippen molar-refractivity contribution in [3.8, 4) is 11.8 Å². The number of aryl methyl sites for hydroxylation is 2. The van der Waals surface area contributed by atoms with E-state index in [1.165, 1.54) is 189 Å². The van der Waals surface area contributed by atoms with Crippen molar-refractivity contribution in [2.75, 3.05) is 0 Å². The first-order valence-corrected chi connectivity index (χ1v) is 24.5. The molecular weight excluding hydrogens is 783 g/mol. The second kappa shape index (κ2) is 38.2. The number of aliphatic imine (C=N–C) groups is 2. The molecule has 0 fully saturated rings. The molecule has 2 nitrogen and oxygen atoms in total. The van der Waals surface area contributed by atoms with Crippen molar-refractivity contribution in [1.29, 1.82) is 0 Å². The molecule has 0 spiro atoms. The Morgan fingerprint density at radius 3 is 1.26 bits per heavy atom. The summed E-state index contributed by atoms with van der Waals surface area (Å²) in [5.74, 6) is 6.89. The average Bonchev–Trinajstić information content (AvgIpc) is 3.21. The van der Waals surface area contributed by atoms with Crippen LogP contribution in [0.25, 0.3) is 0 Å². The molecule has 0 amide bonds. The van der Waals surface area contributed by atoms with Crippen molar-refractivity contribution < 1.29 is 20.4 Å². The molecule has 0 saturated carbocycles. The zero-order chi connectivity index (χ0) is 40.2. The van der Waals surface area contributed by atoms with Gasteiger partial charge in [-0.15, -0.1) is 0 Å². The van der Waals surface area contributed by atoms with Gasteiger partial charge in [0.15, 0.2) is 0 Å². The quantitative estimate of drug-likeness (QED) is 0.0285. The Labute approximate surface area is 368 Å². The van der Waals surface area contributed by atoms with E-state index in [2.05, 4.69) is 88.9 Å². The van der Waals surface area contributed by atoms with E-state index in [1.54, 1.807) is 0 Å². The van der Waals surface area contributed by atoms with Crippen LogP contribution in [-0.4, -0.2) is 11.4 Å². The zero-order valence-corrected chi connectivity index (χ0v) is 39.6. The van der Waals surface area contributed by atoms with E-state index in [1.807, 2.05) is 0 Å². The van der Waals surface area contributed by atoms with Crippen molar-refractivity contribution >= 4 is 22.8 Å². The molecule has 57 heavy (non-hydrogen) atoms. The molecule has 0 radical (unpaired) electrons. The molecule has 0 N–H and O–H groups in total. The van der Waals surface area contributed by atoms with Gasteiger partial charge in [-0.2, -0.15) is 0 Å². The van der Waals surface area contributed by atoms with Gasteiger partial charge in [0.25, 0.3) is 0 Å². The maximum absolute atomic E-state index is 5.51. The minimum atomic E-state index is 0. The number of unbranched alkanes of at least 4 members (excludes halogenated alkanes) is 24. The number of nitrogens with zero attached hydrogens (tertiary/aromatic N) is 2. The summed E-state index contributed by atoms with van der Waals surface area (Å²) in [6.07, 6.45) is 42.5. The Morgan fingerprint density at radius 1 is 0.404 bits per heavy atom. The van der Waals surface area contributed by atoms with Crippen LogP contribution in [0.3, 0.4) is 0 Å². The third kappa shape index (κ3) is 28.2. The molecule has 2 aromatic rings. The van der Waals surface area contributed by atoms with E-state index in [0.29, 0.717) is 0 Å². The summed E-state index contributed by atoms with van der Waals surface area (Å²) in [5.41, 5.74) is 8.56. The molecule has 0 aliphatic heterocycles. The molecular formula is C54H88N2Pd. The van der Waals surface area contributed by atoms with Crippen molar-refractivity contribution in [3.63, 3.8) is 0 Å². The van der Waals surface area contributed by atoms with Gasteiger partial charge < -0.3 is 0 Å². The van der Waals surface area contributed by atoms with Gasteiger partial charge in [0.1, 0.15) is 0 Å². The molecule has 3 heteroatoms. The predicted octanol–water partition coefficient (Wildman–Crippen LogP) is 18.2. The monoisotopic (exact) mass is 871 g/mol. The smallest absolute Gasteiger partial charge is 0.0639 e. The SMILES string of the molecule is CCCCCCCCCCCCCCCCC#Cc1ccc(N=C(CCCC)C(CCCCCCCC)=Nc2cc(CCCCC)cc(CCCCC)c2)cc1.[Pd]. The van der Waals surface area contributed by atoms with E-state index in [9.17, 15) is 0 Å². The molecule has 0 bridgehead atoms. The van der Waals surface area contributed by atoms with Crippen molar-refractivity contribution in [1.82, 2.24) is 0 Å². The Bertz CT molecular complexity index is 1320. The van der Waals surface area contributed by atoms with Crippen LogP contribution in [0.1, 0.15) is 250 Å². The zero-order valence-electron chi connectivity index (χ0n) is 38.1. The van der Waals surface area contributed by atoms with Crippen LogP contribution in [0.2, 0.25) is 0 Å². The number of rotatable bonds is 35. The summed E-state index contributed by atoms with van der Waals surface area (Å²) >= 11 is 0. The van der Waals surface area contributed by atoms with Crippen molar-refractivity contribution in [3.05, 3.63) is 59.2 Å². The van der Waals surface area contributed by atoms with Crippen molar-refractivity contribution in [2.45, 2.75) is 247 Å². The van der Waals surface area contributed by atoms with Crippen LogP contribution in [0.4, 0.5) is 11.4 Å². The Kier molecular flexibility index (Phi) is 35.6. The minimum absolute atomic E-state index is 0. The van der Waals surface area contributed by atoms with Crippen LogP contribution in [0.5, 0.6) is 0 Å². The standard InChI is InChI=1S/C54H88N2.Pd/c1-6-11-16-18-20-21-22-23-24-25-26-27-28-29-30-34-36-48-41-43-51(44-42-48)55-53(39-15-10-5)54(40-35-31-19-17-12-7-2)56-52-46-49(37-32-13-8-3)45-50(47-52)38-33-14-9-4;/h41-47H,6-33,35,37-40H2,1-5H3;. The van der Waals surface area contributed by atoms with E-state index in [-0.39, 0.29) is 20.4 Å². The molecule has 0 unspecified atom stereocenters. The summed E-state index contributed by atoms with van der Waals surface area (Å²) in [7, 11) is 0. The third-order valence-electron chi connectivity index (χ3n) is 11.3.